The maximum atomic E-state index is 6.15. The second-order valence-corrected chi connectivity index (χ2v) is 5.20. The molecule has 1 aromatic carbocycles. The molecule has 0 aliphatic carbocycles. The van der Waals surface area contributed by atoms with Crippen molar-refractivity contribution in [2.45, 2.75) is 12.5 Å². The van der Waals surface area contributed by atoms with Crippen molar-refractivity contribution < 1.29 is 4.74 Å². The zero-order valence-electron chi connectivity index (χ0n) is 12.2. The molecule has 2 heterocycles. The average molecular weight is 282 g/mol. The van der Waals surface area contributed by atoms with Gasteiger partial charge in [-0.25, -0.2) is 0 Å². The SMILES string of the molecule is COc1ccccc1N1C(N)=NCC1(C)c1cccnc1. The molecule has 21 heavy (non-hydrogen) atoms. The Kier molecular flexibility index (Phi) is 3.25. The highest BCUT2D eigenvalue weighted by Gasteiger charge is 2.41. The number of hydrogen-bond donors (Lipinski definition) is 1. The number of rotatable bonds is 3. The third-order valence-electron chi connectivity index (χ3n) is 3.88. The Bertz CT molecular complexity index is 671. The van der Waals surface area contributed by atoms with Gasteiger partial charge in [0.2, 0.25) is 0 Å². The molecule has 1 unspecified atom stereocenters. The predicted molar refractivity (Wildman–Crippen MR) is 83.6 cm³/mol. The van der Waals surface area contributed by atoms with Crippen LogP contribution in [0.4, 0.5) is 5.69 Å². The first-order chi connectivity index (χ1) is 10.2. The van der Waals surface area contributed by atoms with E-state index in [4.69, 9.17) is 10.5 Å². The Morgan fingerprint density at radius 1 is 1.24 bits per heavy atom. The lowest BCUT2D eigenvalue weighted by Gasteiger charge is -2.37. The molecule has 2 aromatic rings. The van der Waals surface area contributed by atoms with Crippen molar-refractivity contribution in [3.8, 4) is 5.75 Å². The minimum Gasteiger partial charge on any atom is -0.495 e. The largest absolute Gasteiger partial charge is 0.495 e. The number of nitrogens with two attached hydrogens (primary N) is 1. The number of benzene rings is 1. The van der Waals surface area contributed by atoms with Gasteiger partial charge in [0, 0.05) is 12.4 Å². The fourth-order valence-corrected chi connectivity index (χ4v) is 2.73. The van der Waals surface area contributed by atoms with Gasteiger partial charge in [-0.2, -0.15) is 0 Å². The van der Waals surface area contributed by atoms with Gasteiger partial charge in [-0.05, 0) is 30.7 Å². The number of aromatic nitrogens is 1. The van der Waals surface area contributed by atoms with Crippen molar-refractivity contribution in [1.82, 2.24) is 4.98 Å². The number of pyridine rings is 1. The van der Waals surface area contributed by atoms with E-state index in [0.29, 0.717) is 12.5 Å². The fraction of sp³-hybridized carbons (Fsp3) is 0.250. The van der Waals surface area contributed by atoms with Crippen LogP contribution in [0.2, 0.25) is 0 Å². The summed E-state index contributed by atoms with van der Waals surface area (Å²) in [6.07, 6.45) is 3.62. The molecule has 1 aliphatic rings. The van der Waals surface area contributed by atoms with Gasteiger partial charge in [-0.1, -0.05) is 18.2 Å². The Balaban J connectivity index is 2.12. The van der Waals surface area contributed by atoms with Gasteiger partial charge in [0.25, 0.3) is 0 Å². The first-order valence-corrected chi connectivity index (χ1v) is 6.80. The molecule has 5 heteroatoms. The second kappa shape index (κ2) is 5.09. The summed E-state index contributed by atoms with van der Waals surface area (Å²) in [6.45, 7) is 2.70. The molecule has 0 radical (unpaired) electrons. The summed E-state index contributed by atoms with van der Waals surface area (Å²) in [5.41, 5.74) is 7.76. The molecule has 1 aromatic heterocycles. The summed E-state index contributed by atoms with van der Waals surface area (Å²) in [6, 6.07) is 11.8. The fourth-order valence-electron chi connectivity index (χ4n) is 2.73. The molecular formula is C16H18N4O. The maximum Gasteiger partial charge on any atom is 0.196 e. The molecular weight excluding hydrogens is 264 g/mol. The predicted octanol–water partition coefficient (Wildman–Crippen LogP) is 2.14. The standard InChI is InChI=1S/C16H18N4O/c1-16(12-6-5-9-18-10-12)11-19-15(17)20(16)13-7-3-4-8-14(13)21-2/h3-10H,11H2,1-2H3,(H2,17,19). The Labute approximate surface area is 124 Å². The zero-order chi connectivity index (χ0) is 14.9. The van der Waals surface area contributed by atoms with Gasteiger partial charge in [-0.3, -0.25) is 14.9 Å². The van der Waals surface area contributed by atoms with Crippen molar-refractivity contribution >= 4 is 11.6 Å². The molecule has 3 rings (SSSR count). The van der Waals surface area contributed by atoms with Crippen molar-refractivity contribution in [3.05, 3.63) is 54.4 Å². The monoisotopic (exact) mass is 282 g/mol. The van der Waals surface area contributed by atoms with Crippen LogP contribution in [0, 0.1) is 0 Å². The van der Waals surface area contributed by atoms with Crippen LogP contribution in [-0.2, 0) is 5.54 Å². The summed E-state index contributed by atoms with van der Waals surface area (Å²) in [5.74, 6) is 1.26. The summed E-state index contributed by atoms with van der Waals surface area (Å²) in [5, 5.41) is 0. The van der Waals surface area contributed by atoms with Crippen LogP contribution in [0.3, 0.4) is 0 Å². The molecule has 5 nitrogen and oxygen atoms in total. The third-order valence-corrected chi connectivity index (χ3v) is 3.88. The third kappa shape index (κ3) is 2.11. The molecule has 1 aliphatic heterocycles. The Morgan fingerprint density at radius 2 is 2.05 bits per heavy atom. The van der Waals surface area contributed by atoms with Crippen LogP contribution in [0.5, 0.6) is 5.75 Å². The quantitative estimate of drug-likeness (QED) is 0.936. The average Bonchev–Trinajstić information content (AvgIpc) is 2.84. The van der Waals surface area contributed by atoms with E-state index in [-0.39, 0.29) is 5.54 Å². The van der Waals surface area contributed by atoms with Crippen LogP contribution >= 0.6 is 0 Å². The second-order valence-electron chi connectivity index (χ2n) is 5.20. The number of anilines is 1. The van der Waals surface area contributed by atoms with Crippen LogP contribution in [-0.4, -0.2) is 24.6 Å². The smallest absolute Gasteiger partial charge is 0.196 e. The van der Waals surface area contributed by atoms with E-state index in [2.05, 4.69) is 16.9 Å². The van der Waals surface area contributed by atoms with Crippen molar-refractivity contribution in [2.75, 3.05) is 18.6 Å². The number of hydrogen-bond acceptors (Lipinski definition) is 5. The van der Waals surface area contributed by atoms with Crippen LogP contribution in [0.1, 0.15) is 12.5 Å². The Hall–Kier alpha value is -2.56. The van der Waals surface area contributed by atoms with Gasteiger partial charge >= 0.3 is 0 Å². The van der Waals surface area contributed by atoms with Crippen molar-refractivity contribution in [1.29, 1.82) is 0 Å². The summed E-state index contributed by atoms with van der Waals surface area (Å²) >= 11 is 0. The molecule has 0 amide bonds. The van der Waals surface area contributed by atoms with Gasteiger partial charge < -0.3 is 10.5 Å². The van der Waals surface area contributed by atoms with Crippen LogP contribution in [0.25, 0.3) is 0 Å². The number of nitrogens with zero attached hydrogens (tertiary/aromatic N) is 3. The van der Waals surface area contributed by atoms with Gasteiger partial charge in [0.1, 0.15) is 5.75 Å². The number of ether oxygens (including phenoxy) is 1. The Morgan fingerprint density at radius 3 is 2.76 bits per heavy atom. The minimum absolute atomic E-state index is 0.368. The lowest BCUT2D eigenvalue weighted by molar-refractivity contribution is 0.411. The zero-order valence-corrected chi connectivity index (χ0v) is 12.2. The van der Waals surface area contributed by atoms with E-state index >= 15 is 0 Å². The number of aliphatic imine (C=N–C) groups is 1. The summed E-state index contributed by atoms with van der Waals surface area (Å²) in [7, 11) is 1.66. The first-order valence-electron chi connectivity index (χ1n) is 6.80. The van der Waals surface area contributed by atoms with E-state index in [9.17, 15) is 0 Å². The molecule has 2 N–H and O–H groups in total. The highest BCUT2D eigenvalue weighted by atomic mass is 16.5. The normalized spacial score (nSPS) is 21.2. The van der Waals surface area contributed by atoms with Crippen molar-refractivity contribution in [3.63, 3.8) is 0 Å². The van der Waals surface area contributed by atoms with Crippen LogP contribution < -0.4 is 15.4 Å². The molecule has 108 valence electrons. The maximum absolute atomic E-state index is 6.15. The van der Waals surface area contributed by atoms with Gasteiger partial charge in [0.05, 0.1) is 24.9 Å². The minimum atomic E-state index is -0.368. The lowest BCUT2D eigenvalue weighted by atomic mass is 9.92. The molecule has 0 saturated carbocycles. The topological polar surface area (TPSA) is 63.7 Å². The molecule has 0 saturated heterocycles. The van der Waals surface area contributed by atoms with E-state index < -0.39 is 0 Å². The van der Waals surface area contributed by atoms with Crippen LogP contribution in [0.15, 0.2) is 53.8 Å². The summed E-state index contributed by atoms with van der Waals surface area (Å²) in [4.78, 5) is 10.7. The van der Waals surface area contributed by atoms with E-state index in [1.165, 1.54) is 0 Å². The molecule has 0 fully saturated rings. The van der Waals surface area contributed by atoms with Crippen molar-refractivity contribution in [2.24, 2.45) is 10.7 Å². The highest BCUT2D eigenvalue weighted by molar-refractivity contribution is 5.99. The molecule has 0 spiro atoms. The summed E-state index contributed by atoms with van der Waals surface area (Å²) < 4.78 is 5.47. The number of methoxy groups -OCH3 is 1. The van der Waals surface area contributed by atoms with Gasteiger partial charge in [0.15, 0.2) is 5.96 Å². The number of guanidine groups is 1. The number of para-hydroxylation sites is 2. The lowest BCUT2D eigenvalue weighted by Crippen LogP contribution is -2.48. The van der Waals surface area contributed by atoms with Gasteiger partial charge in [-0.15, -0.1) is 0 Å². The highest BCUT2D eigenvalue weighted by Crippen LogP contribution is 2.40. The molecule has 1 atom stereocenters. The van der Waals surface area contributed by atoms with E-state index in [1.54, 1.807) is 13.3 Å². The molecule has 0 bridgehead atoms. The first kappa shape index (κ1) is 13.4. The van der Waals surface area contributed by atoms with E-state index in [1.807, 2.05) is 47.5 Å². The van der Waals surface area contributed by atoms with E-state index in [0.717, 1.165) is 17.0 Å².